The van der Waals surface area contributed by atoms with E-state index in [1.54, 1.807) is 75.0 Å². The molecule has 0 saturated heterocycles. The number of Topliss-reactive ketones (excluding diaryl/α,β-unsaturated/α-hetero) is 1. The van der Waals surface area contributed by atoms with E-state index in [2.05, 4.69) is 73.7 Å². The Bertz CT molecular complexity index is 4690. The van der Waals surface area contributed by atoms with Gasteiger partial charge in [-0.2, -0.15) is 34.9 Å². The number of hydrogen-bond donors (Lipinski definition) is 4. The minimum absolute atomic E-state index is 0.0433. The summed E-state index contributed by atoms with van der Waals surface area (Å²) in [6.45, 7) is 26.5. The van der Waals surface area contributed by atoms with Gasteiger partial charge in [-0.1, -0.05) is 60.3 Å². The third-order valence-electron chi connectivity index (χ3n) is 18.2. The molecule has 0 fully saturated rings. The van der Waals surface area contributed by atoms with Gasteiger partial charge in [0.05, 0.1) is 104 Å². The molecule has 0 aliphatic carbocycles. The normalized spacial score (nSPS) is 13.9. The van der Waals surface area contributed by atoms with Gasteiger partial charge < -0.3 is 76.2 Å². The van der Waals surface area contributed by atoms with Crippen molar-refractivity contribution in [2.45, 2.75) is 135 Å². The lowest BCUT2D eigenvalue weighted by molar-refractivity contribution is -0.118. The molecule has 0 spiro atoms. The second-order valence-corrected chi connectivity index (χ2v) is 28.0. The minimum Gasteiger partial charge on any atom is -0.496 e. The number of ketones is 1. The standard InChI is InChI=1S/C21H29ClN6O2.C18H23ClN6O2.C16H19ClN6O2.C16H18ClN5O2/c1-12(2)7-6-8-28-16(29)11-27(20-17(28)19(22)25-21(23)26-20)10-15-14(4)18(30-5)13(3)9-24-15;1-9(2)25-13(26)8-24(17-14(25)16(19)22-18(20)23-17)7-12-11(4)15(27-5)10(3)6-21-12;1-8-5-19-10(9(2)13(8)25-4)6-23-7-11(24)22(3)12-14(17)20-16(18)21-15(12)23;1-8-5-19-12(9(2)13(8)24-3)7-22-6-10(23)4-11-14(17)20-16(18)21-15(11)22/h9,12H,6-8,10-11H2,1-5H3,(H2,23,25,26);6,9H,7-8H2,1-5H3,(H2,20,22,23);5H,6-7H2,1-4H3,(H2,18,20,21);5H,4,6-7H2,1-3H3,(H2,18,20,21). The maximum absolute atomic E-state index is 13.0. The van der Waals surface area contributed by atoms with Crippen LogP contribution in [-0.4, -0.2) is 158 Å². The van der Waals surface area contributed by atoms with Crippen molar-refractivity contribution in [3.05, 3.63) is 118 Å². The number of hydrogen-bond acceptors (Lipinski definition) is 28. The van der Waals surface area contributed by atoms with Gasteiger partial charge in [0.2, 0.25) is 41.5 Å². The molecule has 564 valence electrons. The van der Waals surface area contributed by atoms with E-state index in [4.69, 9.17) is 88.3 Å². The van der Waals surface area contributed by atoms with Crippen molar-refractivity contribution < 1.29 is 38.1 Å². The number of pyridine rings is 4. The van der Waals surface area contributed by atoms with Crippen LogP contribution in [0.15, 0.2) is 24.8 Å². The van der Waals surface area contributed by atoms with Crippen molar-refractivity contribution in [1.82, 2.24) is 59.8 Å². The quantitative estimate of drug-likeness (QED) is 0.0616. The summed E-state index contributed by atoms with van der Waals surface area (Å²) < 4.78 is 21.9. The smallest absolute Gasteiger partial charge is 0.247 e. The molecule has 0 aromatic carbocycles. The van der Waals surface area contributed by atoms with E-state index in [-0.39, 0.29) is 107 Å². The number of amides is 3. The van der Waals surface area contributed by atoms with E-state index in [9.17, 15) is 19.2 Å². The largest absolute Gasteiger partial charge is 0.496 e. The zero-order valence-electron chi connectivity index (χ0n) is 62.5. The van der Waals surface area contributed by atoms with Crippen molar-refractivity contribution in [1.29, 1.82) is 0 Å². The molecule has 12 rings (SSSR count). The molecule has 4 aliphatic rings. The van der Waals surface area contributed by atoms with Gasteiger partial charge in [-0.15, -0.1) is 0 Å². The highest BCUT2D eigenvalue weighted by Gasteiger charge is 2.38. The third kappa shape index (κ3) is 17.3. The highest BCUT2D eigenvalue weighted by atomic mass is 35.5. The summed E-state index contributed by atoms with van der Waals surface area (Å²) in [5.41, 5.74) is 35.9. The number of carbonyl (C=O) groups excluding carboxylic acids is 4. The first kappa shape index (κ1) is 79.9. The fraction of sp³-hybridized carbons (Fsp3) is 0.437. The van der Waals surface area contributed by atoms with Crippen molar-refractivity contribution >= 4 is 134 Å². The van der Waals surface area contributed by atoms with E-state index in [1.807, 2.05) is 83.9 Å². The Morgan fingerprint density at radius 3 is 1.15 bits per heavy atom. The number of aromatic nitrogens is 12. The summed E-state index contributed by atoms with van der Waals surface area (Å²) in [6, 6.07) is -0.0811. The molecule has 0 radical (unpaired) electrons. The average Bonchev–Trinajstić information content (AvgIpc) is 0.776. The fourth-order valence-electron chi connectivity index (χ4n) is 13.1. The first-order valence-electron chi connectivity index (χ1n) is 33.9. The van der Waals surface area contributed by atoms with E-state index in [0.29, 0.717) is 84.5 Å². The molecule has 4 aliphatic heterocycles. The lowest BCUT2D eigenvalue weighted by Crippen LogP contribution is -2.49. The summed E-state index contributed by atoms with van der Waals surface area (Å²) in [7, 11) is 8.17. The zero-order valence-corrected chi connectivity index (χ0v) is 65.6. The van der Waals surface area contributed by atoms with Gasteiger partial charge in [-0.05, 0) is 88.0 Å². The van der Waals surface area contributed by atoms with Crippen molar-refractivity contribution in [3.8, 4) is 23.0 Å². The van der Waals surface area contributed by atoms with Crippen molar-refractivity contribution in [2.75, 3.05) is 125 Å². The molecule has 35 heteroatoms. The number of aryl methyl sites for hydroxylation is 4. The fourth-order valence-corrected chi connectivity index (χ4v) is 14.1. The van der Waals surface area contributed by atoms with Crippen molar-refractivity contribution in [3.63, 3.8) is 0 Å². The molecule has 0 saturated carbocycles. The van der Waals surface area contributed by atoms with Crippen LogP contribution in [0, 0.1) is 61.3 Å². The van der Waals surface area contributed by atoms with Crippen molar-refractivity contribution in [2.24, 2.45) is 5.92 Å². The number of ether oxygens (including phenoxy) is 4. The lowest BCUT2D eigenvalue weighted by atomic mass is 10.0. The summed E-state index contributed by atoms with van der Waals surface area (Å²) >= 11 is 25.1. The van der Waals surface area contributed by atoms with Gasteiger partial charge >= 0.3 is 0 Å². The number of methoxy groups -OCH3 is 4. The summed E-state index contributed by atoms with van der Waals surface area (Å²) in [5, 5.41) is 0.720. The predicted octanol–water partition coefficient (Wildman–Crippen LogP) is 9.60. The number of likely N-dealkylation sites (N-methyl/N-ethyl adjacent to an activating group) is 1. The van der Waals surface area contributed by atoms with Gasteiger partial charge in [-0.25, -0.2) is 4.98 Å². The predicted molar refractivity (Wildman–Crippen MR) is 412 cm³/mol. The van der Waals surface area contributed by atoms with Crippen LogP contribution in [0.3, 0.4) is 0 Å². The Hall–Kier alpha value is -10.2. The maximum Gasteiger partial charge on any atom is 0.247 e. The Kier molecular flexibility index (Phi) is 25.5. The van der Waals surface area contributed by atoms with Crippen LogP contribution in [0.25, 0.3) is 0 Å². The highest BCUT2D eigenvalue weighted by molar-refractivity contribution is 6.35. The van der Waals surface area contributed by atoms with Crippen LogP contribution in [-0.2, 0) is 51.8 Å². The maximum atomic E-state index is 13.0. The average molecular weight is 1530 g/mol. The summed E-state index contributed by atoms with van der Waals surface area (Å²) in [6.07, 6.45) is 9.15. The van der Waals surface area contributed by atoms with Crippen LogP contribution >= 0.6 is 46.4 Å². The molecule has 8 aromatic heterocycles. The number of carbonyl (C=O) groups is 4. The Morgan fingerprint density at radius 1 is 0.434 bits per heavy atom. The van der Waals surface area contributed by atoms with Gasteiger partial charge in [0.25, 0.3) is 0 Å². The molecule has 0 unspecified atom stereocenters. The second-order valence-electron chi connectivity index (χ2n) is 26.5. The van der Waals surface area contributed by atoms with Crippen LogP contribution in [0.2, 0.25) is 20.6 Å². The van der Waals surface area contributed by atoms with Gasteiger partial charge in [0.1, 0.15) is 51.0 Å². The van der Waals surface area contributed by atoms with E-state index >= 15 is 0 Å². The van der Waals surface area contributed by atoms with E-state index in [1.165, 1.54) is 4.90 Å². The molecule has 31 nitrogen and oxygen atoms in total. The number of rotatable bonds is 17. The first-order chi connectivity index (χ1) is 50.2. The topological polar surface area (TPSA) is 387 Å². The number of fused-ring (bicyclic) bond motifs is 4. The molecule has 0 bridgehead atoms. The monoisotopic (exact) mass is 1530 g/mol. The minimum atomic E-state index is -0.112. The van der Waals surface area contributed by atoms with Crippen LogP contribution in [0.1, 0.15) is 113 Å². The lowest BCUT2D eigenvalue weighted by Gasteiger charge is -2.38. The van der Waals surface area contributed by atoms with Crippen LogP contribution in [0.4, 0.5) is 64.1 Å². The Morgan fingerprint density at radius 2 is 0.764 bits per heavy atom. The van der Waals surface area contributed by atoms with Crippen LogP contribution in [0.5, 0.6) is 23.0 Å². The number of halogens is 4. The van der Waals surface area contributed by atoms with Gasteiger partial charge in [-0.3, -0.25) is 39.1 Å². The number of nitrogens with zero attached hydrogens (tertiary/aromatic N) is 19. The number of anilines is 11. The highest BCUT2D eigenvalue weighted by Crippen LogP contribution is 2.43. The SMILES string of the molecule is COc1c(C)cnc(CN2CC(=O)Cc3c(Cl)nc(N)nc32)c1C.COc1c(C)cnc(CN2CC(=O)N(C(C)C)c3c(Cl)nc(N)nc32)c1C.COc1c(C)cnc(CN2CC(=O)N(C)c3c(Cl)nc(N)nc32)c1C.COc1c(C)cnc(CN2CC(=O)N(CCCC(C)C)c3c(Cl)nc(N)nc32)c1C. The van der Waals surface area contributed by atoms with Crippen LogP contribution < -0.4 is 76.2 Å². The Labute approximate surface area is 635 Å². The molecular formula is C71H89Cl4N23O8. The summed E-state index contributed by atoms with van der Waals surface area (Å²) in [4.78, 5) is 114. The summed E-state index contributed by atoms with van der Waals surface area (Å²) in [5.74, 6) is 6.00. The van der Waals surface area contributed by atoms with Gasteiger partial charge in [0, 0.05) is 101 Å². The second kappa shape index (κ2) is 33.9. The van der Waals surface area contributed by atoms with E-state index in [0.717, 1.165) is 103 Å². The molecule has 0 atom stereocenters. The third-order valence-corrected chi connectivity index (χ3v) is 19.3. The molecule has 12 heterocycles. The zero-order chi connectivity index (χ0) is 77.6. The number of nitrogen functional groups attached to an aromatic ring is 4. The first-order valence-corrected chi connectivity index (χ1v) is 35.4. The molecule has 8 N–H and O–H groups in total. The van der Waals surface area contributed by atoms with E-state index < -0.39 is 0 Å². The van der Waals surface area contributed by atoms with Gasteiger partial charge in [0.15, 0.2) is 38.7 Å². The molecule has 8 aromatic rings. The molecular weight excluding hydrogens is 1440 g/mol. The number of nitrogens with two attached hydrogens (primary N) is 4. The molecule has 3 amide bonds. The molecule has 106 heavy (non-hydrogen) atoms. The Balaban J connectivity index is 0.000000164.